The minimum Gasteiger partial charge on any atom is -0.423 e. The van der Waals surface area contributed by atoms with Gasteiger partial charge in [-0.1, -0.05) is 20.8 Å². The van der Waals surface area contributed by atoms with Gasteiger partial charge in [0.15, 0.2) is 0 Å². The van der Waals surface area contributed by atoms with Gasteiger partial charge in [0.2, 0.25) is 11.8 Å². The van der Waals surface area contributed by atoms with Gasteiger partial charge >= 0.3 is 0 Å². The summed E-state index contributed by atoms with van der Waals surface area (Å²) < 4.78 is 5.76. The summed E-state index contributed by atoms with van der Waals surface area (Å²) in [5.41, 5.74) is -0.0734. The van der Waals surface area contributed by atoms with Crippen LogP contribution in [-0.4, -0.2) is 41.3 Å². The summed E-state index contributed by atoms with van der Waals surface area (Å²) in [6.45, 7) is 9.25. The van der Waals surface area contributed by atoms with Gasteiger partial charge in [0.05, 0.1) is 6.54 Å². The van der Waals surface area contributed by atoms with Crippen LogP contribution in [0.1, 0.15) is 51.8 Å². The third-order valence-electron chi connectivity index (χ3n) is 3.66. The highest BCUT2D eigenvalue weighted by Crippen LogP contribution is 2.21. The largest absolute Gasteiger partial charge is 0.423 e. The Labute approximate surface area is 115 Å². The molecule has 5 heteroatoms. The average molecular weight is 266 g/mol. The third kappa shape index (κ3) is 4.01. The van der Waals surface area contributed by atoms with Crippen LogP contribution < -0.4 is 5.32 Å². The molecule has 19 heavy (non-hydrogen) atoms. The lowest BCUT2D eigenvalue weighted by Crippen LogP contribution is -2.32. The predicted octanol–water partition coefficient (Wildman–Crippen LogP) is 1.94. The first-order valence-electron chi connectivity index (χ1n) is 7.20. The van der Waals surface area contributed by atoms with E-state index in [-0.39, 0.29) is 5.41 Å². The van der Waals surface area contributed by atoms with Crippen molar-refractivity contribution in [1.29, 1.82) is 0 Å². The van der Waals surface area contributed by atoms with Crippen LogP contribution in [0.25, 0.3) is 0 Å². The molecule has 0 aliphatic carbocycles. The van der Waals surface area contributed by atoms with Crippen molar-refractivity contribution in [2.45, 2.75) is 58.0 Å². The van der Waals surface area contributed by atoms with E-state index in [4.69, 9.17) is 4.42 Å². The zero-order valence-corrected chi connectivity index (χ0v) is 12.6. The fourth-order valence-electron chi connectivity index (χ4n) is 2.40. The Bertz CT molecular complexity index is 388. The number of hydrogen-bond donors (Lipinski definition) is 1. The molecule has 0 radical (unpaired) electrons. The van der Waals surface area contributed by atoms with Crippen LogP contribution in [0.5, 0.6) is 0 Å². The highest BCUT2D eigenvalue weighted by atomic mass is 16.4. The maximum Gasteiger partial charge on any atom is 0.230 e. The van der Waals surface area contributed by atoms with Crippen LogP contribution in [0.15, 0.2) is 4.42 Å². The third-order valence-corrected chi connectivity index (χ3v) is 3.66. The van der Waals surface area contributed by atoms with Crippen LogP contribution in [0.3, 0.4) is 0 Å². The highest BCUT2D eigenvalue weighted by Gasteiger charge is 2.23. The van der Waals surface area contributed by atoms with Crippen molar-refractivity contribution >= 4 is 0 Å². The molecule has 108 valence electrons. The molecule has 1 aromatic rings. The van der Waals surface area contributed by atoms with E-state index in [0.29, 0.717) is 6.04 Å². The Morgan fingerprint density at radius 2 is 2.05 bits per heavy atom. The standard InChI is InChI=1S/C14H26N4O/c1-14(2,3)13-17-16-12(19-13)10-18(4)11-6-5-8-15-9-7-11/h11,15H,5-10H2,1-4H3. The minimum atomic E-state index is -0.0734. The second-order valence-electron chi connectivity index (χ2n) is 6.50. The predicted molar refractivity (Wildman–Crippen MR) is 75.0 cm³/mol. The van der Waals surface area contributed by atoms with E-state index >= 15 is 0 Å². The number of nitrogens with zero attached hydrogens (tertiary/aromatic N) is 3. The molecule has 1 unspecified atom stereocenters. The van der Waals surface area contributed by atoms with Gasteiger partial charge in [-0.05, 0) is 39.4 Å². The topological polar surface area (TPSA) is 54.2 Å². The van der Waals surface area contributed by atoms with E-state index in [1.807, 2.05) is 0 Å². The van der Waals surface area contributed by atoms with Crippen molar-refractivity contribution in [2.75, 3.05) is 20.1 Å². The van der Waals surface area contributed by atoms with E-state index < -0.39 is 0 Å². The van der Waals surface area contributed by atoms with Crippen LogP contribution in [0, 0.1) is 0 Å². The molecular formula is C14H26N4O. The molecule has 0 spiro atoms. The van der Waals surface area contributed by atoms with Crippen molar-refractivity contribution in [3.8, 4) is 0 Å². The molecule has 1 aliphatic heterocycles. The molecule has 1 saturated heterocycles. The van der Waals surface area contributed by atoms with E-state index in [0.717, 1.165) is 31.4 Å². The first-order valence-corrected chi connectivity index (χ1v) is 7.20. The number of nitrogens with one attached hydrogen (secondary N) is 1. The molecule has 0 aromatic carbocycles. The quantitative estimate of drug-likeness (QED) is 0.906. The highest BCUT2D eigenvalue weighted by molar-refractivity contribution is 4.96. The first kappa shape index (κ1) is 14.5. The SMILES string of the molecule is CN(Cc1nnc(C(C)(C)C)o1)C1CCCNCC1. The number of aromatic nitrogens is 2. The van der Waals surface area contributed by atoms with Gasteiger partial charge < -0.3 is 9.73 Å². The second-order valence-corrected chi connectivity index (χ2v) is 6.50. The molecule has 1 aromatic heterocycles. The Balaban J connectivity index is 1.94. The fraction of sp³-hybridized carbons (Fsp3) is 0.857. The molecule has 2 rings (SSSR count). The minimum absolute atomic E-state index is 0.0734. The zero-order chi connectivity index (χ0) is 13.9. The van der Waals surface area contributed by atoms with Crippen molar-refractivity contribution < 1.29 is 4.42 Å². The van der Waals surface area contributed by atoms with Gasteiger partial charge in [-0.25, -0.2) is 0 Å². The Kier molecular flexibility index (Phi) is 4.58. The Morgan fingerprint density at radius 1 is 1.26 bits per heavy atom. The van der Waals surface area contributed by atoms with Crippen molar-refractivity contribution in [2.24, 2.45) is 0 Å². The van der Waals surface area contributed by atoms with Crippen molar-refractivity contribution in [3.05, 3.63) is 11.8 Å². The molecule has 0 amide bonds. The summed E-state index contributed by atoms with van der Waals surface area (Å²) in [4.78, 5) is 2.34. The molecule has 0 bridgehead atoms. The lowest BCUT2D eigenvalue weighted by molar-refractivity contribution is 0.194. The summed E-state index contributed by atoms with van der Waals surface area (Å²) in [6.07, 6.45) is 3.67. The molecule has 1 aliphatic rings. The van der Waals surface area contributed by atoms with Gasteiger partial charge in [0.1, 0.15) is 0 Å². The average Bonchev–Trinajstić information content (AvgIpc) is 2.63. The zero-order valence-electron chi connectivity index (χ0n) is 12.6. The summed E-state index contributed by atoms with van der Waals surface area (Å²) in [5.74, 6) is 1.45. The second kappa shape index (κ2) is 6.01. The van der Waals surface area contributed by atoms with Crippen LogP contribution in [-0.2, 0) is 12.0 Å². The lowest BCUT2D eigenvalue weighted by atomic mass is 9.97. The molecule has 0 saturated carbocycles. The van der Waals surface area contributed by atoms with E-state index in [1.165, 1.54) is 19.3 Å². The lowest BCUT2D eigenvalue weighted by Gasteiger charge is -2.25. The first-order chi connectivity index (χ1) is 8.97. The molecule has 1 fully saturated rings. The van der Waals surface area contributed by atoms with E-state index in [2.05, 4.69) is 48.2 Å². The molecular weight excluding hydrogens is 240 g/mol. The van der Waals surface area contributed by atoms with Crippen LogP contribution >= 0.6 is 0 Å². The number of rotatable bonds is 3. The van der Waals surface area contributed by atoms with Gasteiger partial charge in [-0.2, -0.15) is 0 Å². The monoisotopic (exact) mass is 266 g/mol. The molecule has 5 nitrogen and oxygen atoms in total. The molecule has 1 atom stereocenters. The Hall–Kier alpha value is -0.940. The van der Waals surface area contributed by atoms with Crippen molar-refractivity contribution in [3.63, 3.8) is 0 Å². The fourth-order valence-corrected chi connectivity index (χ4v) is 2.40. The van der Waals surface area contributed by atoms with Crippen LogP contribution in [0.4, 0.5) is 0 Å². The van der Waals surface area contributed by atoms with Gasteiger partial charge in [-0.15, -0.1) is 10.2 Å². The van der Waals surface area contributed by atoms with Crippen LogP contribution in [0.2, 0.25) is 0 Å². The summed E-state index contributed by atoms with van der Waals surface area (Å²) in [5, 5.41) is 11.8. The van der Waals surface area contributed by atoms with E-state index in [9.17, 15) is 0 Å². The molecule has 2 heterocycles. The van der Waals surface area contributed by atoms with Gasteiger partial charge in [0.25, 0.3) is 0 Å². The summed E-state index contributed by atoms with van der Waals surface area (Å²) in [7, 11) is 2.15. The van der Waals surface area contributed by atoms with Gasteiger partial charge in [0, 0.05) is 11.5 Å². The number of hydrogen-bond acceptors (Lipinski definition) is 5. The smallest absolute Gasteiger partial charge is 0.230 e. The maximum absolute atomic E-state index is 5.76. The van der Waals surface area contributed by atoms with E-state index in [1.54, 1.807) is 0 Å². The Morgan fingerprint density at radius 3 is 2.74 bits per heavy atom. The normalized spacial score (nSPS) is 21.6. The van der Waals surface area contributed by atoms with Gasteiger partial charge in [-0.3, -0.25) is 4.90 Å². The van der Waals surface area contributed by atoms with Crippen molar-refractivity contribution in [1.82, 2.24) is 20.4 Å². The molecule has 1 N–H and O–H groups in total. The summed E-state index contributed by atoms with van der Waals surface area (Å²) in [6, 6.07) is 0.611. The summed E-state index contributed by atoms with van der Waals surface area (Å²) >= 11 is 0. The maximum atomic E-state index is 5.76.